The molecule has 8 nitrogen and oxygen atoms in total. The molecule has 0 bridgehead atoms. The van der Waals surface area contributed by atoms with Crippen molar-refractivity contribution in [1.82, 2.24) is 25.4 Å². The quantitative estimate of drug-likeness (QED) is 0.345. The molecule has 2 aromatic heterocycles. The largest absolute Gasteiger partial charge is 0.347 e. The summed E-state index contributed by atoms with van der Waals surface area (Å²) >= 11 is 12.8. The first kappa shape index (κ1) is 24.0. The van der Waals surface area contributed by atoms with Crippen molar-refractivity contribution in [2.45, 2.75) is 12.5 Å². The van der Waals surface area contributed by atoms with Crippen LogP contribution in [0.1, 0.15) is 27.3 Å². The van der Waals surface area contributed by atoms with Crippen LogP contribution in [0.15, 0.2) is 72.9 Å². The fraction of sp³-hybridized carbons (Fsp3) is 0.154. The van der Waals surface area contributed by atoms with Gasteiger partial charge in [0.05, 0.1) is 27.0 Å². The zero-order valence-electron chi connectivity index (χ0n) is 19.0. The predicted octanol–water partition coefficient (Wildman–Crippen LogP) is 4.59. The van der Waals surface area contributed by atoms with Crippen molar-refractivity contribution in [2.24, 2.45) is 0 Å². The molecule has 182 valence electrons. The molecular weight excluding hydrogens is 499 g/mol. The minimum absolute atomic E-state index is 0.0373. The van der Waals surface area contributed by atoms with E-state index in [2.05, 4.69) is 26.0 Å². The number of anilines is 1. The van der Waals surface area contributed by atoms with Crippen LogP contribution >= 0.6 is 23.2 Å². The molecule has 4 aromatic rings. The number of halogens is 2. The Balaban J connectivity index is 1.47. The van der Waals surface area contributed by atoms with Crippen LogP contribution in [-0.4, -0.2) is 45.7 Å². The number of carbonyl (C=O) groups excluding carboxylic acids is 2. The molecule has 0 radical (unpaired) electrons. The summed E-state index contributed by atoms with van der Waals surface area (Å²) in [6.45, 7) is 1.56. The van der Waals surface area contributed by atoms with E-state index in [0.29, 0.717) is 34.3 Å². The molecule has 2 amide bonds. The van der Waals surface area contributed by atoms with Gasteiger partial charge in [-0.25, -0.2) is 4.68 Å². The fourth-order valence-corrected chi connectivity index (χ4v) is 4.58. The minimum atomic E-state index is -0.474. The summed E-state index contributed by atoms with van der Waals surface area (Å²) in [5, 5.41) is 14.1. The van der Waals surface area contributed by atoms with Gasteiger partial charge in [-0.15, -0.1) is 0 Å². The summed E-state index contributed by atoms with van der Waals surface area (Å²) in [4.78, 5) is 30.6. The highest BCUT2D eigenvalue weighted by Crippen LogP contribution is 2.32. The standard InChI is InChI=1S/C26H22Cl2N6O2/c27-20-13-21(28)19(12-18(20)22-8-4-5-10-30-22)25(35)32-24-14-23(26(36)31-16-9-11-29-15-16)33-34(24)17-6-2-1-3-7-17/h1-8,10,12-14,16,29H,9,11,15H2,(H,31,36)(H,32,35)/t16-/m1/s1. The molecule has 3 heterocycles. The predicted molar refractivity (Wildman–Crippen MR) is 140 cm³/mol. The van der Waals surface area contributed by atoms with E-state index in [0.717, 1.165) is 13.0 Å². The Hall–Kier alpha value is -3.72. The summed E-state index contributed by atoms with van der Waals surface area (Å²) in [5.74, 6) is -0.458. The number of carbonyl (C=O) groups is 2. The van der Waals surface area contributed by atoms with Crippen molar-refractivity contribution in [3.05, 3.63) is 94.2 Å². The Morgan fingerprint density at radius 3 is 2.50 bits per heavy atom. The number of nitrogens with zero attached hydrogens (tertiary/aromatic N) is 3. The summed E-state index contributed by atoms with van der Waals surface area (Å²) in [5.41, 5.74) is 2.28. The van der Waals surface area contributed by atoms with Crippen molar-refractivity contribution in [2.75, 3.05) is 18.4 Å². The lowest BCUT2D eigenvalue weighted by Gasteiger charge is -2.12. The number of hydrogen-bond acceptors (Lipinski definition) is 5. The van der Waals surface area contributed by atoms with Crippen molar-refractivity contribution >= 4 is 40.8 Å². The molecular formula is C26H22Cl2N6O2. The van der Waals surface area contributed by atoms with Gasteiger partial charge < -0.3 is 16.0 Å². The van der Waals surface area contributed by atoms with Crippen LogP contribution in [0, 0.1) is 0 Å². The number of amides is 2. The Bertz CT molecular complexity index is 1400. The molecule has 0 unspecified atom stereocenters. The highest BCUT2D eigenvalue weighted by Gasteiger charge is 2.23. The molecule has 1 aliphatic rings. The highest BCUT2D eigenvalue weighted by molar-refractivity contribution is 6.38. The van der Waals surface area contributed by atoms with Crippen molar-refractivity contribution in [3.8, 4) is 16.9 Å². The third kappa shape index (κ3) is 5.11. The van der Waals surface area contributed by atoms with Gasteiger partial charge in [0.2, 0.25) is 0 Å². The first-order valence-corrected chi connectivity index (χ1v) is 12.1. The lowest BCUT2D eigenvalue weighted by atomic mass is 10.1. The zero-order valence-corrected chi connectivity index (χ0v) is 20.6. The van der Waals surface area contributed by atoms with E-state index in [4.69, 9.17) is 23.2 Å². The fourth-order valence-electron chi connectivity index (χ4n) is 4.01. The SMILES string of the molecule is O=C(N[C@@H]1CCNC1)c1cc(NC(=O)c2cc(-c3ccccn3)c(Cl)cc2Cl)n(-c2ccccc2)n1. The lowest BCUT2D eigenvalue weighted by Crippen LogP contribution is -2.36. The van der Waals surface area contributed by atoms with Crippen molar-refractivity contribution < 1.29 is 9.59 Å². The van der Waals surface area contributed by atoms with Crippen LogP contribution in [0.2, 0.25) is 10.0 Å². The summed E-state index contributed by atoms with van der Waals surface area (Å²) in [6, 6.07) is 19.4. The van der Waals surface area contributed by atoms with Crippen LogP contribution < -0.4 is 16.0 Å². The van der Waals surface area contributed by atoms with E-state index in [1.165, 1.54) is 10.7 Å². The summed E-state index contributed by atoms with van der Waals surface area (Å²) < 4.78 is 1.52. The summed E-state index contributed by atoms with van der Waals surface area (Å²) in [7, 11) is 0. The highest BCUT2D eigenvalue weighted by atomic mass is 35.5. The van der Waals surface area contributed by atoms with Crippen molar-refractivity contribution in [1.29, 1.82) is 0 Å². The number of hydrogen-bond donors (Lipinski definition) is 3. The van der Waals surface area contributed by atoms with Gasteiger partial charge in [0.15, 0.2) is 5.69 Å². The average molecular weight is 521 g/mol. The lowest BCUT2D eigenvalue weighted by molar-refractivity contribution is 0.0933. The van der Waals surface area contributed by atoms with Crippen LogP contribution in [0.3, 0.4) is 0 Å². The third-order valence-corrected chi connectivity index (χ3v) is 6.45. The third-order valence-electron chi connectivity index (χ3n) is 5.82. The minimum Gasteiger partial charge on any atom is -0.347 e. The van der Waals surface area contributed by atoms with Gasteiger partial charge in [-0.05, 0) is 49.4 Å². The van der Waals surface area contributed by atoms with E-state index in [9.17, 15) is 9.59 Å². The molecule has 36 heavy (non-hydrogen) atoms. The van der Waals surface area contributed by atoms with E-state index in [1.807, 2.05) is 36.4 Å². The van der Waals surface area contributed by atoms with Gasteiger partial charge in [0, 0.05) is 30.4 Å². The molecule has 1 saturated heterocycles. The van der Waals surface area contributed by atoms with Gasteiger partial charge in [0.25, 0.3) is 11.8 Å². The number of benzene rings is 2. The van der Waals surface area contributed by atoms with Gasteiger partial charge >= 0.3 is 0 Å². The molecule has 0 aliphatic carbocycles. The molecule has 1 aliphatic heterocycles. The summed E-state index contributed by atoms with van der Waals surface area (Å²) in [6.07, 6.45) is 2.50. The second kappa shape index (κ2) is 10.5. The van der Waals surface area contributed by atoms with E-state index in [1.54, 1.807) is 30.5 Å². The number of rotatable bonds is 6. The molecule has 5 rings (SSSR count). The Morgan fingerprint density at radius 2 is 1.78 bits per heavy atom. The molecule has 0 spiro atoms. The molecule has 2 aromatic carbocycles. The smallest absolute Gasteiger partial charge is 0.272 e. The van der Waals surface area contributed by atoms with E-state index < -0.39 is 5.91 Å². The van der Waals surface area contributed by atoms with Crippen LogP contribution in [0.4, 0.5) is 5.82 Å². The van der Waals surface area contributed by atoms with E-state index in [-0.39, 0.29) is 28.2 Å². The number of para-hydroxylation sites is 1. The van der Waals surface area contributed by atoms with Gasteiger partial charge in [-0.2, -0.15) is 5.10 Å². The van der Waals surface area contributed by atoms with Gasteiger partial charge in [-0.3, -0.25) is 14.6 Å². The second-order valence-electron chi connectivity index (χ2n) is 8.31. The van der Waals surface area contributed by atoms with Crippen LogP contribution in [0.25, 0.3) is 16.9 Å². The molecule has 3 N–H and O–H groups in total. The van der Waals surface area contributed by atoms with Crippen molar-refractivity contribution in [3.63, 3.8) is 0 Å². The first-order valence-electron chi connectivity index (χ1n) is 11.4. The Morgan fingerprint density at radius 1 is 0.972 bits per heavy atom. The first-order chi connectivity index (χ1) is 17.5. The number of pyridine rings is 1. The molecule has 0 saturated carbocycles. The van der Waals surface area contributed by atoms with Gasteiger partial charge in [-0.1, -0.05) is 47.5 Å². The zero-order chi connectivity index (χ0) is 25.1. The molecule has 10 heteroatoms. The second-order valence-corrected chi connectivity index (χ2v) is 9.12. The van der Waals surface area contributed by atoms with Gasteiger partial charge in [0.1, 0.15) is 5.82 Å². The average Bonchev–Trinajstić information content (AvgIpc) is 3.55. The maximum atomic E-state index is 13.4. The molecule has 1 fully saturated rings. The van der Waals surface area contributed by atoms with E-state index >= 15 is 0 Å². The maximum Gasteiger partial charge on any atom is 0.272 e. The Kier molecular flexibility index (Phi) is 6.99. The maximum absolute atomic E-state index is 13.4. The Labute approximate surface area is 217 Å². The van der Waals surface area contributed by atoms with Crippen LogP contribution in [0.5, 0.6) is 0 Å². The monoisotopic (exact) mass is 520 g/mol. The van der Waals surface area contributed by atoms with Crippen LogP contribution in [-0.2, 0) is 0 Å². The molecule has 1 atom stereocenters. The number of aromatic nitrogens is 3. The normalized spacial score (nSPS) is 15.0. The topological polar surface area (TPSA) is 101 Å². The number of nitrogens with one attached hydrogen (secondary N) is 3.